The largest absolute Gasteiger partial charge is 0.492 e. The summed E-state index contributed by atoms with van der Waals surface area (Å²) in [5, 5.41) is 6.21. The lowest BCUT2D eigenvalue weighted by molar-refractivity contribution is -0.123. The highest BCUT2D eigenvalue weighted by atomic mass is 16.5. The van der Waals surface area contributed by atoms with E-state index < -0.39 is 0 Å². The number of piperazine rings is 1. The van der Waals surface area contributed by atoms with Crippen molar-refractivity contribution in [1.82, 2.24) is 15.5 Å². The average Bonchev–Trinajstić information content (AvgIpc) is 2.47. The highest BCUT2D eigenvalue weighted by Gasteiger charge is 2.19. The number of carbonyl (C=O) groups is 1. The standard InChI is InChI=1S/C15H23N3O2/c1-13-11-16-7-9-18(13)12-15(19)17-8-10-20-14-5-3-2-4-6-14/h2-6,13,16H,7-12H2,1H3,(H,17,19)/t13-/m1/s1. The number of nitrogens with one attached hydrogen (secondary N) is 2. The molecule has 1 atom stereocenters. The summed E-state index contributed by atoms with van der Waals surface area (Å²) in [6.07, 6.45) is 0. The fourth-order valence-corrected chi connectivity index (χ4v) is 2.23. The van der Waals surface area contributed by atoms with Crippen LogP contribution in [0.4, 0.5) is 0 Å². The van der Waals surface area contributed by atoms with Crippen LogP contribution >= 0.6 is 0 Å². The zero-order valence-corrected chi connectivity index (χ0v) is 12.0. The number of benzene rings is 1. The van der Waals surface area contributed by atoms with Crippen LogP contribution in [0.15, 0.2) is 30.3 Å². The van der Waals surface area contributed by atoms with Crippen molar-refractivity contribution in [3.63, 3.8) is 0 Å². The zero-order chi connectivity index (χ0) is 14.2. The number of para-hydroxylation sites is 1. The summed E-state index contributed by atoms with van der Waals surface area (Å²) in [5.41, 5.74) is 0. The van der Waals surface area contributed by atoms with Gasteiger partial charge < -0.3 is 15.4 Å². The molecule has 0 unspecified atom stereocenters. The normalized spacial score (nSPS) is 19.6. The van der Waals surface area contributed by atoms with E-state index in [1.54, 1.807) is 0 Å². The van der Waals surface area contributed by atoms with Gasteiger partial charge in [-0.15, -0.1) is 0 Å². The van der Waals surface area contributed by atoms with E-state index in [1.165, 1.54) is 0 Å². The van der Waals surface area contributed by atoms with Crippen LogP contribution in [-0.2, 0) is 4.79 Å². The first-order chi connectivity index (χ1) is 9.75. The Hall–Kier alpha value is -1.59. The maximum absolute atomic E-state index is 11.8. The second kappa shape index (κ2) is 7.87. The molecule has 1 amide bonds. The van der Waals surface area contributed by atoms with Gasteiger partial charge >= 0.3 is 0 Å². The Balaban J connectivity index is 1.60. The molecule has 0 radical (unpaired) electrons. The maximum atomic E-state index is 11.8. The van der Waals surface area contributed by atoms with Gasteiger partial charge in [0, 0.05) is 25.7 Å². The van der Waals surface area contributed by atoms with Crippen molar-refractivity contribution in [2.45, 2.75) is 13.0 Å². The SMILES string of the molecule is C[C@@H]1CNCCN1CC(=O)NCCOc1ccccc1. The highest BCUT2D eigenvalue weighted by molar-refractivity contribution is 5.78. The topological polar surface area (TPSA) is 53.6 Å². The minimum atomic E-state index is 0.0652. The minimum Gasteiger partial charge on any atom is -0.492 e. The van der Waals surface area contributed by atoms with Crippen molar-refractivity contribution >= 4 is 5.91 Å². The van der Waals surface area contributed by atoms with Crippen LogP contribution in [0, 0.1) is 0 Å². The van der Waals surface area contributed by atoms with Gasteiger partial charge in [0.05, 0.1) is 13.1 Å². The number of nitrogens with zero attached hydrogens (tertiary/aromatic N) is 1. The maximum Gasteiger partial charge on any atom is 0.234 e. The fraction of sp³-hybridized carbons (Fsp3) is 0.533. The summed E-state index contributed by atoms with van der Waals surface area (Å²) in [7, 11) is 0. The molecule has 1 aliphatic rings. The van der Waals surface area contributed by atoms with Gasteiger partial charge in [0.1, 0.15) is 12.4 Å². The van der Waals surface area contributed by atoms with Crippen molar-refractivity contribution in [3.8, 4) is 5.75 Å². The molecule has 1 aromatic carbocycles. The molecular weight excluding hydrogens is 254 g/mol. The smallest absolute Gasteiger partial charge is 0.234 e. The molecule has 1 saturated heterocycles. The van der Waals surface area contributed by atoms with E-state index in [2.05, 4.69) is 22.5 Å². The summed E-state index contributed by atoms with van der Waals surface area (Å²) in [5.74, 6) is 0.896. The van der Waals surface area contributed by atoms with Gasteiger partial charge in [0.2, 0.25) is 5.91 Å². The molecule has 1 aromatic rings. The third kappa shape index (κ3) is 4.83. The first-order valence-electron chi connectivity index (χ1n) is 7.15. The van der Waals surface area contributed by atoms with E-state index in [0.29, 0.717) is 25.7 Å². The second-order valence-electron chi connectivity index (χ2n) is 5.04. The predicted molar refractivity (Wildman–Crippen MR) is 78.9 cm³/mol. The van der Waals surface area contributed by atoms with E-state index in [4.69, 9.17) is 4.74 Å². The van der Waals surface area contributed by atoms with Crippen molar-refractivity contribution in [1.29, 1.82) is 0 Å². The number of hydrogen-bond donors (Lipinski definition) is 2. The Labute approximate surface area is 120 Å². The number of carbonyl (C=O) groups excluding carboxylic acids is 1. The van der Waals surface area contributed by atoms with E-state index in [0.717, 1.165) is 25.4 Å². The van der Waals surface area contributed by atoms with Gasteiger partial charge in [0.15, 0.2) is 0 Å². The van der Waals surface area contributed by atoms with Crippen molar-refractivity contribution in [3.05, 3.63) is 30.3 Å². The molecule has 0 aromatic heterocycles. The Morgan fingerprint density at radius 2 is 2.25 bits per heavy atom. The van der Waals surface area contributed by atoms with Gasteiger partial charge in [-0.2, -0.15) is 0 Å². The summed E-state index contributed by atoms with van der Waals surface area (Å²) < 4.78 is 5.53. The average molecular weight is 277 g/mol. The van der Waals surface area contributed by atoms with Crippen LogP contribution in [0.2, 0.25) is 0 Å². The molecule has 5 nitrogen and oxygen atoms in total. The number of hydrogen-bond acceptors (Lipinski definition) is 4. The van der Waals surface area contributed by atoms with E-state index >= 15 is 0 Å². The summed E-state index contributed by atoms with van der Waals surface area (Å²) in [6, 6.07) is 10.0. The quantitative estimate of drug-likeness (QED) is 0.743. The lowest BCUT2D eigenvalue weighted by Gasteiger charge is -2.33. The van der Waals surface area contributed by atoms with Gasteiger partial charge in [-0.3, -0.25) is 9.69 Å². The Kier molecular flexibility index (Phi) is 5.83. The minimum absolute atomic E-state index is 0.0652. The third-order valence-corrected chi connectivity index (χ3v) is 3.42. The summed E-state index contributed by atoms with van der Waals surface area (Å²) in [6.45, 7) is 6.46. The van der Waals surface area contributed by atoms with E-state index in [9.17, 15) is 4.79 Å². The molecule has 2 rings (SSSR count). The van der Waals surface area contributed by atoms with Crippen molar-refractivity contribution in [2.75, 3.05) is 39.3 Å². The Morgan fingerprint density at radius 1 is 1.45 bits per heavy atom. The molecule has 2 N–H and O–H groups in total. The van der Waals surface area contributed by atoms with Crippen molar-refractivity contribution < 1.29 is 9.53 Å². The Morgan fingerprint density at radius 3 is 3.00 bits per heavy atom. The van der Waals surface area contributed by atoms with Crippen molar-refractivity contribution in [2.24, 2.45) is 0 Å². The molecule has 1 aliphatic heterocycles. The lowest BCUT2D eigenvalue weighted by Crippen LogP contribution is -2.52. The predicted octanol–water partition coefficient (Wildman–Crippen LogP) is 0.475. The molecule has 20 heavy (non-hydrogen) atoms. The van der Waals surface area contributed by atoms with Gasteiger partial charge in [0.25, 0.3) is 0 Å². The number of ether oxygens (including phenoxy) is 1. The van der Waals surface area contributed by atoms with Crippen LogP contribution in [0.5, 0.6) is 5.75 Å². The molecule has 0 saturated carbocycles. The van der Waals surface area contributed by atoms with Crippen LogP contribution in [-0.4, -0.2) is 56.2 Å². The molecule has 110 valence electrons. The molecule has 1 heterocycles. The molecule has 1 fully saturated rings. The fourth-order valence-electron chi connectivity index (χ4n) is 2.23. The first kappa shape index (κ1) is 14.8. The molecule has 0 spiro atoms. The zero-order valence-electron chi connectivity index (χ0n) is 12.0. The summed E-state index contributed by atoms with van der Waals surface area (Å²) >= 11 is 0. The van der Waals surface area contributed by atoms with Crippen LogP contribution in [0.1, 0.15) is 6.92 Å². The molecule has 0 bridgehead atoms. The lowest BCUT2D eigenvalue weighted by atomic mass is 10.2. The van der Waals surface area contributed by atoms with Gasteiger partial charge in [-0.1, -0.05) is 18.2 Å². The highest BCUT2D eigenvalue weighted by Crippen LogP contribution is 2.07. The van der Waals surface area contributed by atoms with Gasteiger partial charge in [-0.25, -0.2) is 0 Å². The number of rotatable bonds is 6. The number of amides is 1. The first-order valence-corrected chi connectivity index (χ1v) is 7.15. The summed E-state index contributed by atoms with van der Waals surface area (Å²) in [4.78, 5) is 14.0. The molecule has 0 aliphatic carbocycles. The van der Waals surface area contributed by atoms with E-state index in [1.807, 2.05) is 30.3 Å². The molecular formula is C15H23N3O2. The van der Waals surface area contributed by atoms with E-state index in [-0.39, 0.29) is 5.91 Å². The van der Waals surface area contributed by atoms with Crippen LogP contribution in [0.3, 0.4) is 0 Å². The third-order valence-electron chi connectivity index (χ3n) is 3.42. The van der Waals surface area contributed by atoms with Crippen LogP contribution < -0.4 is 15.4 Å². The monoisotopic (exact) mass is 277 g/mol. The van der Waals surface area contributed by atoms with Gasteiger partial charge in [-0.05, 0) is 19.1 Å². The Bertz CT molecular complexity index is 411. The second-order valence-corrected chi connectivity index (χ2v) is 5.04. The molecule has 5 heteroatoms. The van der Waals surface area contributed by atoms with Crippen LogP contribution in [0.25, 0.3) is 0 Å².